The van der Waals surface area contributed by atoms with Crippen LogP contribution < -0.4 is 0 Å². The van der Waals surface area contributed by atoms with E-state index < -0.39 is 0 Å². The highest BCUT2D eigenvalue weighted by molar-refractivity contribution is 6.14. The fourth-order valence-corrected chi connectivity index (χ4v) is 6.11. The monoisotopic (exact) mass is 565 g/mol. The summed E-state index contributed by atoms with van der Waals surface area (Å²) in [7, 11) is 0. The number of aromatic nitrogens is 5. The molecule has 0 amide bonds. The molecule has 6 heteroatoms. The molecule has 4 heterocycles. The lowest BCUT2D eigenvalue weighted by Gasteiger charge is -2.10. The zero-order valence-electron chi connectivity index (χ0n) is 23.4. The van der Waals surface area contributed by atoms with Gasteiger partial charge in [0.25, 0.3) is 0 Å². The smallest absolute Gasteiger partial charge is 0.164 e. The van der Waals surface area contributed by atoms with Crippen molar-refractivity contribution in [2.75, 3.05) is 0 Å². The Labute approximate surface area is 251 Å². The number of pyridine rings is 1. The molecular weight excluding hydrogens is 542 g/mol. The molecule has 0 aliphatic heterocycles. The van der Waals surface area contributed by atoms with Gasteiger partial charge in [0.05, 0.1) is 16.6 Å². The van der Waals surface area contributed by atoms with E-state index in [9.17, 15) is 0 Å². The van der Waals surface area contributed by atoms with Crippen molar-refractivity contribution in [1.29, 1.82) is 0 Å². The molecule has 0 N–H and O–H groups in total. The van der Waals surface area contributed by atoms with Gasteiger partial charge in [-0.1, -0.05) is 84.9 Å². The average Bonchev–Trinajstić information content (AvgIpc) is 3.64. The summed E-state index contributed by atoms with van der Waals surface area (Å²) in [5.74, 6) is 1.86. The molecule has 0 aliphatic carbocycles. The summed E-state index contributed by atoms with van der Waals surface area (Å²) in [4.78, 5) is 19.6. The van der Waals surface area contributed by atoms with Crippen molar-refractivity contribution in [3.8, 4) is 39.9 Å². The molecular formula is C38H23N5O. The van der Waals surface area contributed by atoms with Crippen LogP contribution in [0.25, 0.3) is 83.7 Å². The minimum atomic E-state index is 0.602. The predicted octanol–water partition coefficient (Wildman–Crippen LogP) is 9.26. The van der Waals surface area contributed by atoms with Gasteiger partial charge in [0.1, 0.15) is 16.8 Å². The summed E-state index contributed by atoms with van der Waals surface area (Å²) in [6.45, 7) is 0. The quantitative estimate of drug-likeness (QED) is 0.213. The van der Waals surface area contributed by atoms with Crippen molar-refractivity contribution >= 4 is 43.9 Å². The first kappa shape index (κ1) is 24.5. The standard InChI is InChI=1S/C38H23N5O/c1-3-11-24(12-4-1)35-40-36(25-13-5-2-6-14-25)42-37(41-35)26-20-21-32-29(23-26)34-31(18-9-19-33(34)44-32)43-30-17-8-7-15-27(30)28-16-10-22-39-38(28)43/h1-23H. The highest BCUT2D eigenvalue weighted by Crippen LogP contribution is 2.39. The van der Waals surface area contributed by atoms with Gasteiger partial charge in [0.2, 0.25) is 0 Å². The number of benzene rings is 5. The van der Waals surface area contributed by atoms with Gasteiger partial charge in [0, 0.05) is 39.0 Å². The molecule has 9 rings (SSSR count). The van der Waals surface area contributed by atoms with Gasteiger partial charge in [-0.3, -0.25) is 4.57 Å². The molecule has 0 bridgehead atoms. The summed E-state index contributed by atoms with van der Waals surface area (Å²) in [5, 5.41) is 4.27. The molecule has 0 spiro atoms. The lowest BCUT2D eigenvalue weighted by Crippen LogP contribution is -2.00. The third-order valence-electron chi connectivity index (χ3n) is 8.11. The van der Waals surface area contributed by atoms with Crippen LogP contribution in [0.1, 0.15) is 0 Å². The number of rotatable bonds is 4. The highest BCUT2D eigenvalue weighted by atomic mass is 16.3. The number of furan rings is 1. The largest absolute Gasteiger partial charge is 0.456 e. The molecule has 0 saturated heterocycles. The van der Waals surface area contributed by atoms with E-state index in [2.05, 4.69) is 47.0 Å². The van der Waals surface area contributed by atoms with Crippen molar-refractivity contribution in [3.63, 3.8) is 0 Å². The van der Waals surface area contributed by atoms with Crippen molar-refractivity contribution in [1.82, 2.24) is 24.5 Å². The van der Waals surface area contributed by atoms with Gasteiger partial charge in [-0.2, -0.15) is 0 Å². The molecule has 9 aromatic rings. The van der Waals surface area contributed by atoms with E-state index in [1.165, 1.54) is 0 Å². The van der Waals surface area contributed by atoms with Crippen LogP contribution in [0.4, 0.5) is 0 Å². The fraction of sp³-hybridized carbons (Fsp3) is 0. The van der Waals surface area contributed by atoms with Crippen LogP contribution in [-0.4, -0.2) is 24.5 Å². The molecule has 0 atom stereocenters. The molecule has 44 heavy (non-hydrogen) atoms. The normalized spacial score (nSPS) is 11.6. The van der Waals surface area contributed by atoms with Crippen LogP contribution in [0.2, 0.25) is 0 Å². The van der Waals surface area contributed by atoms with Gasteiger partial charge in [-0.25, -0.2) is 19.9 Å². The average molecular weight is 566 g/mol. The number of hydrogen-bond acceptors (Lipinski definition) is 5. The van der Waals surface area contributed by atoms with Crippen molar-refractivity contribution < 1.29 is 4.42 Å². The zero-order chi connectivity index (χ0) is 29.0. The Bertz CT molecular complexity index is 2390. The molecule has 0 unspecified atom stereocenters. The van der Waals surface area contributed by atoms with E-state index >= 15 is 0 Å². The number of para-hydroxylation sites is 1. The zero-order valence-corrected chi connectivity index (χ0v) is 23.4. The van der Waals surface area contributed by atoms with Crippen LogP contribution in [0.5, 0.6) is 0 Å². The molecule has 4 aromatic heterocycles. The topological polar surface area (TPSA) is 69.6 Å². The van der Waals surface area contributed by atoms with E-state index in [0.717, 1.165) is 66.3 Å². The van der Waals surface area contributed by atoms with Gasteiger partial charge >= 0.3 is 0 Å². The maximum Gasteiger partial charge on any atom is 0.164 e. The van der Waals surface area contributed by atoms with Gasteiger partial charge in [-0.05, 0) is 48.5 Å². The summed E-state index contributed by atoms with van der Waals surface area (Å²) >= 11 is 0. The first-order chi connectivity index (χ1) is 21.8. The minimum Gasteiger partial charge on any atom is -0.456 e. The van der Waals surface area contributed by atoms with E-state index in [0.29, 0.717) is 17.5 Å². The van der Waals surface area contributed by atoms with E-state index in [4.69, 9.17) is 24.4 Å². The Morgan fingerprint density at radius 2 is 1.14 bits per heavy atom. The second kappa shape index (κ2) is 9.71. The molecule has 0 fully saturated rings. The lowest BCUT2D eigenvalue weighted by atomic mass is 10.1. The van der Waals surface area contributed by atoms with Crippen LogP contribution in [-0.2, 0) is 0 Å². The van der Waals surface area contributed by atoms with Crippen LogP contribution >= 0.6 is 0 Å². The van der Waals surface area contributed by atoms with E-state index in [1.807, 2.05) is 97.2 Å². The molecule has 0 saturated carbocycles. The SMILES string of the molecule is c1ccc(-c2nc(-c3ccccc3)nc(-c3ccc4oc5cccc(-n6c7ccccc7c7cccnc76)c5c4c3)n2)cc1. The Kier molecular flexibility index (Phi) is 5.40. The summed E-state index contributed by atoms with van der Waals surface area (Å²) < 4.78 is 8.64. The first-order valence-corrected chi connectivity index (χ1v) is 14.5. The maximum atomic E-state index is 6.41. The van der Waals surface area contributed by atoms with Crippen LogP contribution in [0.15, 0.2) is 144 Å². The highest BCUT2D eigenvalue weighted by Gasteiger charge is 2.19. The predicted molar refractivity (Wildman–Crippen MR) is 176 cm³/mol. The summed E-state index contributed by atoms with van der Waals surface area (Å²) in [6.07, 6.45) is 1.85. The molecule has 206 valence electrons. The number of fused-ring (bicyclic) bond motifs is 6. The third kappa shape index (κ3) is 3.82. The van der Waals surface area contributed by atoms with Gasteiger partial charge in [0.15, 0.2) is 17.5 Å². The maximum absolute atomic E-state index is 6.41. The Balaban J connectivity index is 1.30. The van der Waals surface area contributed by atoms with E-state index in [-0.39, 0.29) is 0 Å². The first-order valence-electron chi connectivity index (χ1n) is 14.5. The third-order valence-corrected chi connectivity index (χ3v) is 8.11. The van der Waals surface area contributed by atoms with Crippen LogP contribution in [0, 0.1) is 0 Å². The van der Waals surface area contributed by atoms with Crippen molar-refractivity contribution in [3.05, 3.63) is 140 Å². The lowest BCUT2D eigenvalue weighted by molar-refractivity contribution is 0.669. The molecule has 0 radical (unpaired) electrons. The minimum absolute atomic E-state index is 0.602. The Morgan fingerprint density at radius 3 is 1.89 bits per heavy atom. The second-order valence-electron chi connectivity index (χ2n) is 10.7. The summed E-state index contributed by atoms with van der Waals surface area (Å²) in [6, 6.07) is 44.9. The Morgan fingerprint density at radius 1 is 0.477 bits per heavy atom. The number of hydrogen-bond donors (Lipinski definition) is 0. The molecule has 0 aliphatic rings. The van der Waals surface area contributed by atoms with Crippen LogP contribution in [0.3, 0.4) is 0 Å². The molecule has 6 nitrogen and oxygen atoms in total. The van der Waals surface area contributed by atoms with E-state index in [1.54, 1.807) is 0 Å². The number of nitrogens with zero attached hydrogens (tertiary/aromatic N) is 5. The summed E-state index contributed by atoms with van der Waals surface area (Å²) in [5.41, 5.74) is 7.36. The molecule has 5 aromatic carbocycles. The van der Waals surface area contributed by atoms with Crippen molar-refractivity contribution in [2.45, 2.75) is 0 Å². The van der Waals surface area contributed by atoms with Gasteiger partial charge < -0.3 is 4.42 Å². The second-order valence-corrected chi connectivity index (χ2v) is 10.7. The fourth-order valence-electron chi connectivity index (χ4n) is 6.11. The van der Waals surface area contributed by atoms with Crippen molar-refractivity contribution in [2.24, 2.45) is 0 Å². The van der Waals surface area contributed by atoms with Gasteiger partial charge in [-0.15, -0.1) is 0 Å². The Hall–Kier alpha value is -6.14.